The lowest BCUT2D eigenvalue weighted by molar-refractivity contribution is 0.0623. The van der Waals surface area contributed by atoms with Gasteiger partial charge in [0.05, 0.1) is 12.7 Å². The molecule has 2 amide bonds. The number of anilines is 1. The molecule has 0 radical (unpaired) electrons. The van der Waals surface area contributed by atoms with Gasteiger partial charge in [0.1, 0.15) is 34.7 Å². The number of halogens is 3. The molecule has 186 valence electrons. The molecular weight excluding hydrogens is 467 g/mol. The molecule has 9 nitrogen and oxygen atoms in total. The van der Waals surface area contributed by atoms with E-state index in [4.69, 9.17) is 21.3 Å². The van der Waals surface area contributed by atoms with E-state index in [1.165, 1.54) is 19.2 Å². The zero-order chi connectivity index (χ0) is 25.7. The number of nitrogens with one attached hydrogen (secondary N) is 1. The number of benzene rings is 2. The number of ether oxygens (including phenoxy) is 1. The van der Waals surface area contributed by atoms with Crippen LogP contribution in [0.25, 0.3) is 11.3 Å². The third kappa shape index (κ3) is 5.54. The Kier molecular flexibility index (Phi) is 7.97. The third-order valence-corrected chi connectivity index (χ3v) is 5.31. The van der Waals surface area contributed by atoms with Gasteiger partial charge in [-0.1, -0.05) is 24.3 Å². The van der Waals surface area contributed by atoms with Crippen molar-refractivity contribution in [3.8, 4) is 17.0 Å². The van der Waals surface area contributed by atoms with E-state index in [0.29, 0.717) is 11.1 Å². The molecule has 0 aliphatic rings. The highest BCUT2D eigenvalue weighted by Crippen LogP contribution is 2.32. The van der Waals surface area contributed by atoms with Crippen molar-refractivity contribution >= 4 is 17.6 Å². The average Bonchev–Trinajstić information content (AvgIpc) is 3.17. The number of amides is 2. The molecule has 1 unspecified atom stereocenters. The number of hydrogen-bond donors (Lipinski definition) is 4. The molecule has 6 N–H and O–H groups in total. The van der Waals surface area contributed by atoms with Gasteiger partial charge in [-0.05, 0) is 30.2 Å². The second-order valence-electron chi connectivity index (χ2n) is 7.56. The molecule has 0 bridgehead atoms. The summed E-state index contributed by atoms with van der Waals surface area (Å²) in [5.41, 5.74) is 12.2. The second kappa shape index (κ2) is 10.9. The highest BCUT2D eigenvalue weighted by Gasteiger charge is 2.30. The van der Waals surface area contributed by atoms with E-state index in [9.17, 15) is 22.8 Å². The molecule has 0 saturated carbocycles. The van der Waals surface area contributed by atoms with Gasteiger partial charge in [-0.3, -0.25) is 9.59 Å². The lowest BCUT2D eigenvalue weighted by Gasteiger charge is -2.16. The van der Waals surface area contributed by atoms with Crippen molar-refractivity contribution in [2.24, 2.45) is 5.73 Å². The predicted octanol–water partition coefficient (Wildman–Crippen LogP) is 2.50. The minimum Gasteiger partial charge on any atom is -0.496 e. The maximum atomic E-state index is 13.5. The summed E-state index contributed by atoms with van der Waals surface area (Å²) in [5.74, 6) is -2.19. The molecule has 35 heavy (non-hydrogen) atoms. The highest BCUT2D eigenvalue weighted by atomic mass is 19.3. The molecule has 1 heterocycles. The number of methoxy groups -OCH3 is 1. The zero-order valence-corrected chi connectivity index (χ0v) is 18.7. The van der Waals surface area contributed by atoms with Crippen LogP contribution in [0.2, 0.25) is 0 Å². The molecule has 1 aromatic heterocycles. The van der Waals surface area contributed by atoms with E-state index in [2.05, 4.69) is 10.4 Å². The SMILES string of the molecule is COc1ccc(F)cc1C(=O)NCc1ccc(-c2nn(C(CCO)C(F)F)c(N)c2C(N)=O)cc1. The van der Waals surface area contributed by atoms with Crippen molar-refractivity contribution in [1.82, 2.24) is 15.1 Å². The molecule has 0 spiro atoms. The number of nitrogen functional groups attached to an aromatic ring is 1. The number of alkyl halides is 2. The Morgan fingerprint density at radius 2 is 1.89 bits per heavy atom. The molecule has 3 rings (SSSR count). The van der Waals surface area contributed by atoms with Crippen molar-refractivity contribution in [2.75, 3.05) is 19.5 Å². The second-order valence-corrected chi connectivity index (χ2v) is 7.56. The Balaban J connectivity index is 1.83. The van der Waals surface area contributed by atoms with Crippen LogP contribution in [0.4, 0.5) is 19.0 Å². The van der Waals surface area contributed by atoms with Gasteiger partial charge in [-0.2, -0.15) is 5.10 Å². The van der Waals surface area contributed by atoms with E-state index >= 15 is 0 Å². The first-order valence-corrected chi connectivity index (χ1v) is 10.5. The Labute approximate surface area is 198 Å². The van der Waals surface area contributed by atoms with Gasteiger partial charge in [0.15, 0.2) is 0 Å². The summed E-state index contributed by atoms with van der Waals surface area (Å²) in [5, 5.41) is 15.9. The largest absolute Gasteiger partial charge is 0.496 e. The lowest BCUT2D eigenvalue weighted by Crippen LogP contribution is -2.23. The molecule has 0 fully saturated rings. The van der Waals surface area contributed by atoms with Crippen LogP contribution in [-0.2, 0) is 6.54 Å². The van der Waals surface area contributed by atoms with Crippen LogP contribution < -0.4 is 21.5 Å². The van der Waals surface area contributed by atoms with Crippen LogP contribution in [0.15, 0.2) is 42.5 Å². The molecule has 1 atom stereocenters. The first-order chi connectivity index (χ1) is 16.7. The Bertz CT molecular complexity index is 1210. The van der Waals surface area contributed by atoms with Gasteiger partial charge in [0, 0.05) is 18.7 Å². The summed E-state index contributed by atoms with van der Waals surface area (Å²) in [4.78, 5) is 24.5. The van der Waals surface area contributed by atoms with E-state index in [0.717, 1.165) is 10.7 Å². The van der Waals surface area contributed by atoms with E-state index < -0.39 is 36.7 Å². The number of nitrogens with zero attached hydrogens (tertiary/aromatic N) is 2. The normalized spacial score (nSPS) is 11.9. The van der Waals surface area contributed by atoms with Gasteiger partial charge in [-0.15, -0.1) is 0 Å². The Morgan fingerprint density at radius 3 is 2.46 bits per heavy atom. The molecule has 0 saturated heterocycles. The van der Waals surface area contributed by atoms with Gasteiger partial charge >= 0.3 is 0 Å². The summed E-state index contributed by atoms with van der Waals surface area (Å²) < 4.78 is 46.4. The van der Waals surface area contributed by atoms with E-state index in [1.54, 1.807) is 24.3 Å². The number of rotatable bonds is 10. The van der Waals surface area contributed by atoms with Crippen LogP contribution in [0.1, 0.15) is 38.7 Å². The number of aliphatic hydroxyl groups excluding tert-OH is 1. The monoisotopic (exact) mass is 491 g/mol. The summed E-state index contributed by atoms with van der Waals surface area (Å²) in [6.07, 6.45) is -3.21. The van der Waals surface area contributed by atoms with Crippen molar-refractivity contribution in [3.63, 3.8) is 0 Å². The fourth-order valence-electron chi connectivity index (χ4n) is 3.55. The van der Waals surface area contributed by atoms with E-state index in [1.807, 2.05) is 0 Å². The van der Waals surface area contributed by atoms with Gasteiger partial charge in [0.2, 0.25) is 0 Å². The number of aliphatic hydroxyl groups is 1. The standard InChI is InChI=1S/C23H24F3N5O4/c1-35-17-7-6-14(24)10-15(17)23(34)29-11-12-2-4-13(5-3-12)19-18(22(28)33)21(27)31(30-19)16(8-9-32)20(25)26/h2-7,10,16,20,32H,8-9,11,27H2,1H3,(H2,28,33)(H,29,34). The van der Waals surface area contributed by atoms with Crippen LogP contribution in [0, 0.1) is 5.82 Å². The number of hydrogen-bond acceptors (Lipinski definition) is 6. The topological polar surface area (TPSA) is 145 Å². The van der Waals surface area contributed by atoms with Gasteiger partial charge in [0.25, 0.3) is 18.2 Å². The van der Waals surface area contributed by atoms with Crippen molar-refractivity contribution in [3.05, 3.63) is 65.0 Å². The fourth-order valence-corrected chi connectivity index (χ4v) is 3.55. The van der Waals surface area contributed by atoms with E-state index in [-0.39, 0.29) is 41.4 Å². The van der Waals surface area contributed by atoms with Crippen molar-refractivity contribution in [2.45, 2.75) is 25.4 Å². The molecule has 3 aromatic rings. The van der Waals surface area contributed by atoms with Gasteiger partial charge in [-0.25, -0.2) is 17.9 Å². The predicted molar refractivity (Wildman–Crippen MR) is 121 cm³/mol. The first-order valence-electron chi connectivity index (χ1n) is 10.5. The number of aromatic nitrogens is 2. The minimum absolute atomic E-state index is 0.0127. The van der Waals surface area contributed by atoms with Crippen molar-refractivity contribution < 1.29 is 32.6 Å². The van der Waals surface area contributed by atoms with Crippen molar-refractivity contribution in [1.29, 1.82) is 0 Å². The molecule has 12 heteroatoms. The summed E-state index contributed by atoms with van der Waals surface area (Å²) in [6, 6.07) is 8.41. The van der Waals surface area contributed by atoms with Crippen LogP contribution in [0.5, 0.6) is 5.75 Å². The molecule has 0 aliphatic heterocycles. The summed E-state index contributed by atoms with van der Waals surface area (Å²) >= 11 is 0. The Hall–Kier alpha value is -4.06. The van der Waals surface area contributed by atoms with Crippen LogP contribution in [0.3, 0.4) is 0 Å². The molecule has 0 aliphatic carbocycles. The fraction of sp³-hybridized carbons (Fsp3) is 0.261. The summed E-state index contributed by atoms with van der Waals surface area (Å²) in [6.45, 7) is -0.445. The summed E-state index contributed by atoms with van der Waals surface area (Å²) in [7, 11) is 1.37. The highest BCUT2D eigenvalue weighted by molar-refractivity contribution is 6.03. The number of primary amides is 1. The van der Waals surface area contributed by atoms with Crippen LogP contribution >= 0.6 is 0 Å². The molecule has 2 aromatic carbocycles. The number of carbonyl (C=O) groups excluding carboxylic acids is 2. The first kappa shape index (κ1) is 25.6. The average molecular weight is 491 g/mol. The lowest BCUT2D eigenvalue weighted by atomic mass is 10.0. The maximum absolute atomic E-state index is 13.5. The van der Waals surface area contributed by atoms with Crippen LogP contribution in [-0.4, -0.2) is 46.8 Å². The zero-order valence-electron chi connectivity index (χ0n) is 18.7. The Morgan fingerprint density at radius 1 is 1.20 bits per heavy atom. The number of nitrogens with two attached hydrogens (primary N) is 2. The smallest absolute Gasteiger partial charge is 0.260 e. The number of carbonyl (C=O) groups is 2. The van der Waals surface area contributed by atoms with Gasteiger partial charge < -0.3 is 26.6 Å². The maximum Gasteiger partial charge on any atom is 0.260 e. The molecular formula is C23H24F3N5O4. The third-order valence-electron chi connectivity index (χ3n) is 5.31. The quantitative estimate of drug-likeness (QED) is 0.343. The minimum atomic E-state index is -2.89.